The average molecular weight is 620 g/mol. The maximum absolute atomic E-state index is 13.4. The smallest absolute Gasteiger partial charge is 0.416 e. The number of carbonyl (C=O) groups is 3. The number of halogens is 3. The molecule has 0 heterocycles. The molecule has 0 aliphatic heterocycles. The topological polar surface area (TPSA) is 96.5 Å². The van der Waals surface area contributed by atoms with Crippen LogP contribution in [0.25, 0.3) is 6.08 Å². The zero-order valence-corrected chi connectivity index (χ0v) is 24.3. The molecule has 0 unspecified atom stereocenters. The molecular weight excluding hydrogens is 591 g/mol. The summed E-state index contributed by atoms with van der Waals surface area (Å²) < 4.78 is 44.6. The summed E-state index contributed by atoms with van der Waals surface area (Å²) >= 11 is 1.14. The molecule has 0 atom stereocenters. The van der Waals surface area contributed by atoms with Gasteiger partial charge in [0.15, 0.2) is 0 Å². The third-order valence-electron chi connectivity index (χ3n) is 5.98. The van der Waals surface area contributed by atoms with E-state index in [-0.39, 0.29) is 17.1 Å². The Morgan fingerprint density at radius 2 is 1.50 bits per heavy atom. The number of nitrogens with one attached hydrogen (secondary N) is 3. The third kappa shape index (κ3) is 9.23. The molecular formula is C33H28F3N3O4S. The molecule has 0 aromatic heterocycles. The summed E-state index contributed by atoms with van der Waals surface area (Å²) in [6, 6.07) is 26.7. The Labute approximate surface area is 256 Å². The van der Waals surface area contributed by atoms with Gasteiger partial charge >= 0.3 is 6.18 Å². The van der Waals surface area contributed by atoms with Gasteiger partial charge in [-0.15, -0.1) is 11.8 Å². The number of alkyl halides is 3. The largest absolute Gasteiger partial charge is 0.493 e. The predicted octanol–water partition coefficient (Wildman–Crippen LogP) is 7.24. The summed E-state index contributed by atoms with van der Waals surface area (Å²) in [5.41, 5.74) is 0.506. The van der Waals surface area contributed by atoms with Gasteiger partial charge in [0.05, 0.1) is 17.9 Å². The summed E-state index contributed by atoms with van der Waals surface area (Å²) in [7, 11) is 0. The molecule has 0 radical (unpaired) electrons. The Bertz CT molecular complexity index is 1660. The van der Waals surface area contributed by atoms with Gasteiger partial charge in [-0.25, -0.2) is 0 Å². The molecule has 4 rings (SSSR count). The second kappa shape index (κ2) is 14.9. The van der Waals surface area contributed by atoms with E-state index in [1.54, 1.807) is 78.9 Å². The number of hydrogen-bond acceptors (Lipinski definition) is 5. The monoisotopic (exact) mass is 619 g/mol. The molecule has 0 spiro atoms. The van der Waals surface area contributed by atoms with Crippen LogP contribution in [0.15, 0.2) is 114 Å². The molecule has 3 amide bonds. The second-order valence-electron chi connectivity index (χ2n) is 9.25. The van der Waals surface area contributed by atoms with Gasteiger partial charge in [0.2, 0.25) is 5.91 Å². The minimum atomic E-state index is -4.52. The van der Waals surface area contributed by atoms with Crippen molar-refractivity contribution in [2.45, 2.75) is 18.0 Å². The number of carbonyl (C=O) groups excluding carboxylic acids is 3. The number of ether oxygens (including phenoxy) is 1. The molecule has 0 aliphatic rings. The maximum Gasteiger partial charge on any atom is 0.416 e. The molecule has 3 N–H and O–H groups in total. The summed E-state index contributed by atoms with van der Waals surface area (Å²) in [5, 5.41) is 7.93. The van der Waals surface area contributed by atoms with E-state index in [1.165, 1.54) is 18.2 Å². The zero-order chi connectivity index (χ0) is 31.5. The Morgan fingerprint density at radius 3 is 2.23 bits per heavy atom. The minimum Gasteiger partial charge on any atom is -0.493 e. The van der Waals surface area contributed by atoms with E-state index in [0.29, 0.717) is 34.1 Å². The van der Waals surface area contributed by atoms with E-state index in [0.717, 1.165) is 23.9 Å². The highest BCUT2D eigenvalue weighted by Crippen LogP contribution is 2.31. The van der Waals surface area contributed by atoms with Crippen molar-refractivity contribution in [2.24, 2.45) is 0 Å². The predicted molar refractivity (Wildman–Crippen MR) is 165 cm³/mol. The fourth-order valence-corrected chi connectivity index (χ4v) is 4.72. The summed E-state index contributed by atoms with van der Waals surface area (Å²) in [6.45, 7) is 2.25. The van der Waals surface area contributed by atoms with E-state index in [2.05, 4.69) is 16.0 Å². The number of rotatable bonds is 11. The van der Waals surface area contributed by atoms with Crippen LogP contribution >= 0.6 is 11.8 Å². The minimum absolute atomic E-state index is 0.0236. The molecule has 4 aromatic carbocycles. The number of anilines is 2. The fraction of sp³-hybridized carbons (Fsp3) is 0.121. The number of benzene rings is 4. The number of thioether (sulfide) groups is 1. The first-order valence-electron chi connectivity index (χ1n) is 13.4. The Balaban J connectivity index is 1.47. The zero-order valence-electron chi connectivity index (χ0n) is 23.5. The van der Waals surface area contributed by atoms with Crippen molar-refractivity contribution in [1.29, 1.82) is 0 Å². The lowest BCUT2D eigenvalue weighted by molar-refractivity contribution is -0.137. The standard InChI is InChI=1S/C33H28F3N3O4S/c1-2-43-29-17-7-6-12-23(29)18-28(39-31(41)22-10-4-3-5-11-22)32(42)38-26-15-9-16-27(20-26)44-21-30(40)37-25-14-8-13-24(19-25)33(34,35)36/h3-20H,2,21H2,1H3,(H,37,40)(H,38,42)(H,39,41)/b28-18+. The van der Waals surface area contributed by atoms with Crippen molar-refractivity contribution in [1.82, 2.24) is 5.32 Å². The second-order valence-corrected chi connectivity index (χ2v) is 10.3. The number of amides is 3. The molecule has 0 aliphatic carbocycles. The maximum atomic E-state index is 13.4. The van der Waals surface area contributed by atoms with E-state index in [9.17, 15) is 27.6 Å². The van der Waals surface area contributed by atoms with Crippen molar-refractivity contribution in [3.8, 4) is 5.75 Å². The first-order valence-corrected chi connectivity index (χ1v) is 14.4. The van der Waals surface area contributed by atoms with Crippen LogP contribution in [0.2, 0.25) is 0 Å². The molecule has 226 valence electrons. The normalized spacial score (nSPS) is 11.4. The lowest BCUT2D eigenvalue weighted by Crippen LogP contribution is -2.30. The number of para-hydroxylation sites is 1. The van der Waals surface area contributed by atoms with Crippen LogP contribution < -0.4 is 20.7 Å². The molecule has 7 nitrogen and oxygen atoms in total. The third-order valence-corrected chi connectivity index (χ3v) is 6.98. The molecule has 0 saturated carbocycles. The molecule has 0 fully saturated rings. The highest BCUT2D eigenvalue weighted by Gasteiger charge is 2.30. The van der Waals surface area contributed by atoms with Gasteiger partial charge in [-0.3, -0.25) is 14.4 Å². The van der Waals surface area contributed by atoms with Gasteiger partial charge in [0.25, 0.3) is 11.8 Å². The van der Waals surface area contributed by atoms with Crippen molar-refractivity contribution < 1.29 is 32.3 Å². The highest BCUT2D eigenvalue weighted by molar-refractivity contribution is 8.00. The quantitative estimate of drug-likeness (QED) is 0.122. The van der Waals surface area contributed by atoms with Crippen molar-refractivity contribution in [3.63, 3.8) is 0 Å². The molecule has 0 saturated heterocycles. The Morgan fingerprint density at radius 1 is 0.818 bits per heavy atom. The fourth-order valence-electron chi connectivity index (χ4n) is 3.97. The van der Waals surface area contributed by atoms with E-state index in [1.807, 2.05) is 6.92 Å². The first-order chi connectivity index (χ1) is 21.1. The van der Waals surface area contributed by atoms with Gasteiger partial charge in [0, 0.05) is 27.4 Å². The van der Waals surface area contributed by atoms with Crippen LogP contribution in [0.1, 0.15) is 28.4 Å². The lowest BCUT2D eigenvalue weighted by Gasteiger charge is -2.13. The van der Waals surface area contributed by atoms with Crippen LogP contribution in [0.5, 0.6) is 5.75 Å². The molecule has 11 heteroatoms. The van der Waals surface area contributed by atoms with Crippen LogP contribution in [-0.4, -0.2) is 30.1 Å². The van der Waals surface area contributed by atoms with Crippen molar-refractivity contribution in [2.75, 3.05) is 23.0 Å². The molecule has 0 bridgehead atoms. The first kappa shape index (κ1) is 31.9. The van der Waals surface area contributed by atoms with Crippen LogP contribution in [0.3, 0.4) is 0 Å². The van der Waals surface area contributed by atoms with Crippen molar-refractivity contribution in [3.05, 3.63) is 126 Å². The van der Waals surface area contributed by atoms with E-state index < -0.39 is 29.5 Å². The lowest BCUT2D eigenvalue weighted by atomic mass is 10.1. The Kier molecular flexibility index (Phi) is 10.8. The van der Waals surface area contributed by atoms with Gasteiger partial charge in [-0.05, 0) is 67.6 Å². The van der Waals surface area contributed by atoms with E-state index in [4.69, 9.17) is 4.74 Å². The average Bonchev–Trinajstić information content (AvgIpc) is 3.01. The van der Waals surface area contributed by atoms with Gasteiger partial charge in [-0.2, -0.15) is 13.2 Å². The molecule has 4 aromatic rings. The summed E-state index contributed by atoms with van der Waals surface area (Å²) in [5.74, 6) is -1.11. The molecule has 44 heavy (non-hydrogen) atoms. The summed E-state index contributed by atoms with van der Waals surface area (Å²) in [4.78, 5) is 39.5. The van der Waals surface area contributed by atoms with E-state index >= 15 is 0 Å². The SMILES string of the molecule is CCOc1ccccc1/C=C(/NC(=O)c1ccccc1)C(=O)Nc1cccc(SCC(=O)Nc2cccc(C(F)(F)F)c2)c1. The van der Waals surface area contributed by atoms with Crippen LogP contribution in [0.4, 0.5) is 24.5 Å². The van der Waals surface area contributed by atoms with Crippen LogP contribution in [0, 0.1) is 0 Å². The number of hydrogen-bond donors (Lipinski definition) is 3. The van der Waals surface area contributed by atoms with Crippen LogP contribution in [-0.2, 0) is 15.8 Å². The van der Waals surface area contributed by atoms with Gasteiger partial charge in [0.1, 0.15) is 11.4 Å². The summed E-state index contributed by atoms with van der Waals surface area (Å²) in [6.07, 6.45) is -3.00. The van der Waals surface area contributed by atoms with Gasteiger partial charge in [-0.1, -0.05) is 48.5 Å². The van der Waals surface area contributed by atoms with Gasteiger partial charge < -0.3 is 20.7 Å². The Hall–Kier alpha value is -5.03. The highest BCUT2D eigenvalue weighted by atomic mass is 32.2. The van der Waals surface area contributed by atoms with Crippen molar-refractivity contribution >= 4 is 46.9 Å².